The maximum Gasteiger partial charge on any atom is 0.164 e. The van der Waals surface area contributed by atoms with Crippen molar-refractivity contribution in [2.24, 2.45) is 10.8 Å². The molecule has 0 saturated carbocycles. The Kier molecular flexibility index (Phi) is 13.2. The zero-order valence-corrected chi connectivity index (χ0v) is 34.1. The van der Waals surface area contributed by atoms with Crippen LogP contribution < -0.4 is 0 Å². The van der Waals surface area contributed by atoms with Crippen molar-refractivity contribution in [2.75, 3.05) is 0 Å². The molecule has 4 nitrogen and oxygen atoms in total. The summed E-state index contributed by atoms with van der Waals surface area (Å²) < 4.78 is 6.77. The summed E-state index contributed by atoms with van der Waals surface area (Å²) in [6, 6.07) is 18.5. The van der Waals surface area contributed by atoms with Crippen LogP contribution in [0.1, 0.15) is 105 Å². The number of fused-ring (bicyclic) bond motifs is 2. The summed E-state index contributed by atoms with van der Waals surface area (Å²) in [5.74, 6) is 1.19. The van der Waals surface area contributed by atoms with Gasteiger partial charge in [-0.05, 0) is 61.1 Å². The van der Waals surface area contributed by atoms with Gasteiger partial charge in [0.25, 0.3) is 0 Å². The van der Waals surface area contributed by atoms with Gasteiger partial charge in [-0.15, -0.1) is 40.5 Å². The number of nitrogens with zero attached hydrogens (tertiary/aromatic N) is 1. The molecule has 0 spiro atoms. The molecule has 0 aliphatic carbocycles. The Morgan fingerprint density at radius 3 is 2.16 bits per heavy atom. The third-order valence-corrected chi connectivity index (χ3v) is 11.5. The van der Waals surface area contributed by atoms with Gasteiger partial charge in [-0.25, -0.2) is 0 Å². The van der Waals surface area contributed by atoms with Gasteiger partial charge in [0.1, 0.15) is 11.5 Å². The van der Waals surface area contributed by atoms with Gasteiger partial charge >= 0.3 is 0 Å². The molecule has 0 unspecified atom stereocenters. The van der Waals surface area contributed by atoms with E-state index in [-0.39, 0.29) is 47.9 Å². The molecular formula is C43H52IrNO3S-. The van der Waals surface area contributed by atoms with Crippen molar-refractivity contribution in [1.82, 2.24) is 4.98 Å². The van der Waals surface area contributed by atoms with E-state index < -0.39 is 0 Å². The maximum atomic E-state index is 12.2. The van der Waals surface area contributed by atoms with Crippen molar-refractivity contribution >= 4 is 44.1 Å². The zero-order chi connectivity index (χ0) is 35.4. The van der Waals surface area contributed by atoms with Gasteiger partial charge in [0.15, 0.2) is 5.78 Å². The van der Waals surface area contributed by atoms with E-state index in [2.05, 4.69) is 75.9 Å². The minimum absolute atomic E-state index is 0. The van der Waals surface area contributed by atoms with E-state index in [1.54, 1.807) is 11.3 Å². The fourth-order valence-electron chi connectivity index (χ4n) is 5.91. The number of hydrogen-bond acceptors (Lipinski definition) is 5. The van der Waals surface area contributed by atoms with Crippen LogP contribution in [0.15, 0.2) is 77.8 Å². The number of furan rings is 1. The number of pyridine rings is 1. The average molecular weight is 855 g/mol. The monoisotopic (exact) mass is 855 g/mol. The second kappa shape index (κ2) is 16.1. The Morgan fingerprint density at radius 1 is 0.980 bits per heavy atom. The van der Waals surface area contributed by atoms with Crippen molar-refractivity contribution in [1.29, 1.82) is 0 Å². The molecule has 5 rings (SSSR count). The van der Waals surface area contributed by atoms with Crippen molar-refractivity contribution in [2.45, 2.75) is 100 Å². The molecule has 6 heteroatoms. The molecule has 49 heavy (non-hydrogen) atoms. The van der Waals surface area contributed by atoms with E-state index in [9.17, 15) is 9.90 Å². The van der Waals surface area contributed by atoms with E-state index >= 15 is 0 Å². The SMILES string of the molecule is C=Cc1c(-c2coc(C)c2)sc2ccnc(-c3[c-]c4ccccc4c(C(C)(C)C)c3)c12.CCC(C)(CC)C(=O)/C=C(\O)C(C)(CC)CC.[Ir]. The number of aliphatic hydroxyl groups excluding tert-OH is 1. The number of thiophene rings is 1. The van der Waals surface area contributed by atoms with E-state index in [0.717, 1.165) is 69.5 Å². The summed E-state index contributed by atoms with van der Waals surface area (Å²) in [7, 11) is 0. The standard InChI is InChI=1S/C28H24NOS.C15H28O2.Ir/c1-6-21-25-24(31-27(21)20-13-17(2)30-16-20)11-12-29-26(25)19-14-18-9-7-8-10-22(18)23(15-19)28(3,4)5;1-7-14(5,8-2)12(16)11-13(17)15(6,9-3)10-4;/h6-13,15-16H,1H2,2-5H3;11,16H,7-10H2,1-6H3;/q-1;;/b;12-11-;. The molecule has 0 aliphatic heterocycles. The van der Waals surface area contributed by atoms with Crippen molar-refractivity contribution in [3.63, 3.8) is 0 Å². The first-order valence-electron chi connectivity index (χ1n) is 17.2. The first kappa shape index (κ1) is 40.1. The number of rotatable bonds is 10. The van der Waals surface area contributed by atoms with Crippen LogP contribution in [0.25, 0.3) is 48.6 Å². The van der Waals surface area contributed by atoms with Crippen LogP contribution >= 0.6 is 11.3 Å². The number of ketones is 1. The first-order chi connectivity index (χ1) is 22.7. The van der Waals surface area contributed by atoms with Gasteiger partial charge in [0.05, 0.1) is 6.26 Å². The van der Waals surface area contributed by atoms with E-state index in [4.69, 9.17) is 9.40 Å². The summed E-state index contributed by atoms with van der Waals surface area (Å²) >= 11 is 1.75. The van der Waals surface area contributed by atoms with Crippen LogP contribution in [0, 0.1) is 23.8 Å². The van der Waals surface area contributed by atoms with Crippen LogP contribution in [0.3, 0.4) is 0 Å². The van der Waals surface area contributed by atoms with Gasteiger partial charge in [-0.1, -0.05) is 104 Å². The third kappa shape index (κ3) is 8.36. The fraction of sp³-hybridized carbons (Fsp3) is 0.395. The molecule has 263 valence electrons. The summed E-state index contributed by atoms with van der Waals surface area (Å²) in [6.07, 6.45) is 10.4. The molecule has 2 aromatic carbocycles. The quantitative estimate of drug-likeness (QED) is 0.0863. The normalized spacial score (nSPS) is 12.4. The molecule has 3 aromatic heterocycles. The molecule has 1 N–H and O–H groups in total. The predicted molar refractivity (Wildman–Crippen MR) is 206 cm³/mol. The number of benzene rings is 2. The average Bonchev–Trinajstić information content (AvgIpc) is 3.69. The number of carbonyl (C=O) groups is 1. The Balaban J connectivity index is 0.000000312. The first-order valence-corrected chi connectivity index (χ1v) is 18.0. The van der Waals surface area contributed by atoms with Gasteiger partial charge in [0.2, 0.25) is 0 Å². The Bertz CT molecular complexity index is 1950. The minimum Gasteiger partial charge on any atom is -0.512 e. The summed E-state index contributed by atoms with van der Waals surface area (Å²) in [5, 5.41) is 13.6. The van der Waals surface area contributed by atoms with E-state index in [1.165, 1.54) is 21.7 Å². The molecule has 5 aromatic rings. The molecule has 0 fully saturated rings. The fourth-order valence-corrected chi connectivity index (χ4v) is 7.08. The van der Waals surface area contributed by atoms with Gasteiger partial charge in [-0.3, -0.25) is 9.78 Å². The Hall–Kier alpha value is -3.31. The van der Waals surface area contributed by atoms with Crippen LogP contribution in [-0.4, -0.2) is 15.9 Å². The number of aliphatic hydroxyl groups is 1. The van der Waals surface area contributed by atoms with Gasteiger partial charge in [0, 0.05) is 64.0 Å². The molecule has 0 aliphatic rings. The summed E-state index contributed by atoms with van der Waals surface area (Å²) in [4.78, 5) is 18.2. The van der Waals surface area contributed by atoms with E-state index in [0.29, 0.717) is 0 Å². The molecule has 0 amide bonds. The molecule has 3 heterocycles. The molecular weight excluding hydrogens is 803 g/mol. The Morgan fingerprint density at radius 2 is 1.61 bits per heavy atom. The number of allylic oxidation sites excluding steroid dienone is 2. The van der Waals surface area contributed by atoms with Gasteiger partial charge < -0.3 is 9.52 Å². The Labute approximate surface area is 311 Å². The van der Waals surface area contributed by atoms with Crippen LogP contribution in [-0.2, 0) is 30.3 Å². The maximum absolute atomic E-state index is 12.2. The number of aryl methyl sites for hydroxylation is 1. The molecule has 1 radical (unpaired) electrons. The van der Waals surface area contributed by atoms with Crippen LogP contribution in [0.5, 0.6) is 0 Å². The zero-order valence-electron chi connectivity index (χ0n) is 30.8. The second-order valence-corrected chi connectivity index (χ2v) is 15.4. The molecule has 0 bridgehead atoms. The molecule has 0 saturated heterocycles. The minimum atomic E-state index is -0.337. The summed E-state index contributed by atoms with van der Waals surface area (Å²) in [6.45, 7) is 24.9. The van der Waals surface area contributed by atoms with Crippen molar-refractivity contribution in [3.8, 4) is 21.7 Å². The van der Waals surface area contributed by atoms with E-state index in [1.807, 2.05) is 67.0 Å². The molecule has 0 atom stereocenters. The smallest absolute Gasteiger partial charge is 0.164 e. The number of hydrogen-bond donors (Lipinski definition) is 1. The number of carbonyl (C=O) groups excluding carboxylic acids is 1. The van der Waals surface area contributed by atoms with Crippen LogP contribution in [0.2, 0.25) is 0 Å². The predicted octanol–water partition coefficient (Wildman–Crippen LogP) is 13.1. The summed E-state index contributed by atoms with van der Waals surface area (Å²) in [5.41, 5.74) is 4.86. The topological polar surface area (TPSA) is 63.3 Å². The second-order valence-electron chi connectivity index (χ2n) is 14.3. The van der Waals surface area contributed by atoms with Gasteiger partial charge in [-0.2, -0.15) is 0 Å². The van der Waals surface area contributed by atoms with Crippen molar-refractivity contribution in [3.05, 3.63) is 96.3 Å². The largest absolute Gasteiger partial charge is 0.512 e. The van der Waals surface area contributed by atoms with Crippen molar-refractivity contribution < 1.29 is 34.4 Å². The number of aromatic nitrogens is 1. The third-order valence-electron chi connectivity index (χ3n) is 10.3. The van der Waals surface area contributed by atoms with Crippen LogP contribution in [0.4, 0.5) is 0 Å².